The number of nitrogens with two attached hydrogens (primary N) is 1. The molecule has 0 spiro atoms. The summed E-state index contributed by atoms with van der Waals surface area (Å²) in [7, 11) is 0. The Balaban J connectivity index is 0.000000249. The van der Waals surface area contributed by atoms with E-state index in [1.165, 1.54) is 0 Å². The van der Waals surface area contributed by atoms with Gasteiger partial charge in [0.1, 0.15) is 0 Å². The molecule has 1 aromatic rings. The van der Waals surface area contributed by atoms with E-state index in [0.29, 0.717) is 0 Å². The second-order valence-corrected chi connectivity index (χ2v) is 2.51. The van der Waals surface area contributed by atoms with Crippen molar-refractivity contribution in [3.8, 4) is 0 Å². The summed E-state index contributed by atoms with van der Waals surface area (Å²) in [5.74, 6) is 4.70. The van der Waals surface area contributed by atoms with Gasteiger partial charge in [-0.05, 0) is 26.0 Å². The van der Waals surface area contributed by atoms with Gasteiger partial charge in [-0.25, -0.2) is 10.6 Å². The van der Waals surface area contributed by atoms with Crippen LogP contribution in [0, 0.1) is 0 Å². The fraction of sp³-hybridized carbons (Fsp3) is 0.375. The zero-order valence-corrected chi connectivity index (χ0v) is 8.18. The normalized spacial score (nSPS) is 8.57. The summed E-state index contributed by atoms with van der Waals surface area (Å²) in [6, 6.07) is 3.65. The molecule has 0 aliphatic rings. The molecule has 0 bridgehead atoms. The van der Waals surface area contributed by atoms with Gasteiger partial charge in [0.25, 0.3) is 0 Å². The molecule has 0 aromatic carbocycles. The van der Waals surface area contributed by atoms with E-state index < -0.39 is 6.09 Å². The first kappa shape index (κ1) is 12.3. The number of hydrogen-bond acceptors (Lipinski definition) is 5. The molecule has 0 aliphatic heterocycles. The van der Waals surface area contributed by atoms with Gasteiger partial charge in [-0.1, -0.05) is 0 Å². The van der Waals surface area contributed by atoms with E-state index in [2.05, 4.69) is 14.9 Å². The van der Waals surface area contributed by atoms with Crippen molar-refractivity contribution in [1.29, 1.82) is 0 Å². The second-order valence-electron chi connectivity index (χ2n) is 2.51. The summed E-state index contributed by atoms with van der Waals surface area (Å²) in [6.45, 7) is 3.49. The van der Waals surface area contributed by atoms with Crippen molar-refractivity contribution in [2.75, 3.05) is 0 Å². The molecule has 0 radical (unpaired) electrons. The number of nitrogens with one attached hydrogen (secondary N) is 1. The maximum absolute atomic E-state index is 10.2. The Morgan fingerprint density at radius 1 is 1.36 bits per heavy atom. The van der Waals surface area contributed by atoms with Gasteiger partial charge in [-0.2, -0.15) is 10.2 Å². The average molecular weight is 198 g/mol. The van der Waals surface area contributed by atoms with E-state index in [9.17, 15) is 4.79 Å². The average Bonchev–Trinajstić information content (AvgIpc) is 2.20. The van der Waals surface area contributed by atoms with Crippen LogP contribution in [0.15, 0.2) is 24.5 Å². The topological polar surface area (TPSA) is 90.1 Å². The van der Waals surface area contributed by atoms with Crippen molar-refractivity contribution in [2.24, 2.45) is 5.84 Å². The van der Waals surface area contributed by atoms with Gasteiger partial charge in [0, 0.05) is 12.4 Å². The molecule has 1 amide bonds. The summed E-state index contributed by atoms with van der Waals surface area (Å²) < 4.78 is 4.52. The summed E-state index contributed by atoms with van der Waals surface area (Å²) in [5, 5.41) is 7.07. The molecule has 1 heterocycles. The molecule has 0 aliphatic carbocycles. The number of carbonyl (C=O) groups excluding carboxylic acids is 1. The summed E-state index contributed by atoms with van der Waals surface area (Å²) >= 11 is 0. The highest BCUT2D eigenvalue weighted by atomic mass is 16.6. The Kier molecular flexibility index (Phi) is 6.98. The second kappa shape index (κ2) is 7.93. The van der Waals surface area contributed by atoms with Gasteiger partial charge < -0.3 is 4.74 Å². The van der Waals surface area contributed by atoms with Crippen LogP contribution in [0.25, 0.3) is 0 Å². The van der Waals surface area contributed by atoms with Gasteiger partial charge in [-0.15, -0.1) is 0 Å². The Labute approximate surface area is 82.4 Å². The lowest BCUT2D eigenvalue weighted by molar-refractivity contribution is 0.116. The standard InChI is InChI=1S/C4H10N2O2.C4H4N2/c1-3(2)8-4(7)6-5;1-2-4-6-5-3-1/h3H,5H2,1-2H3,(H,6,7);1-4H. The zero-order valence-electron chi connectivity index (χ0n) is 8.18. The molecule has 14 heavy (non-hydrogen) atoms. The quantitative estimate of drug-likeness (QED) is 0.389. The SMILES string of the molecule is CC(C)OC(=O)NN.c1ccnnc1. The molecule has 1 aromatic heterocycles. The minimum atomic E-state index is -0.597. The van der Waals surface area contributed by atoms with Crippen molar-refractivity contribution in [2.45, 2.75) is 20.0 Å². The van der Waals surface area contributed by atoms with Gasteiger partial charge in [0.2, 0.25) is 0 Å². The highest BCUT2D eigenvalue weighted by Gasteiger charge is 1.98. The first-order valence-corrected chi connectivity index (χ1v) is 4.05. The zero-order chi connectivity index (χ0) is 10.8. The number of carbonyl (C=O) groups is 1. The van der Waals surface area contributed by atoms with Crippen LogP contribution in [0.4, 0.5) is 4.79 Å². The van der Waals surface area contributed by atoms with E-state index in [-0.39, 0.29) is 6.10 Å². The highest BCUT2D eigenvalue weighted by Crippen LogP contribution is 1.85. The molecule has 6 nitrogen and oxygen atoms in total. The van der Waals surface area contributed by atoms with Gasteiger partial charge in [0.05, 0.1) is 6.10 Å². The first-order valence-electron chi connectivity index (χ1n) is 4.05. The smallest absolute Gasteiger partial charge is 0.421 e. The predicted molar refractivity (Wildman–Crippen MR) is 51.0 cm³/mol. The maximum Gasteiger partial charge on any atom is 0.421 e. The molecule has 0 unspecified atom stereocenters. The van der Waals surface area contributed by atoms with Crippen molar-refractivity contribution in [3.05, 3.63) is 24.5 Å². The molecule has 3 N–H and O–H groups in total. The van der Waals surface area contributed by atoms with E-state index in [1.54, 1.807) is 26.2 Å². The van der Waals surface area contributed by atoms with Crippen LogP contribution in [0.2, 0.25) is 0 Å². The molecule has 6 heteroatoms. The minimum absolute atomic E-state index is 0.112. The van der Waals surface area contributed by atoms with Crippen molar-refractivity contribution >= 4 is 6.09 Å². The highest BCUT2D eigenvalue weighted by molar-refractivity contribution is 5.66. The third kappa shape index (κ3) is 8.41. The van der Waals surface area contributed by atoms with E-state index >= 15 is 0 Å². The van der Waals surface area contributed by atoms with Crippen LogP contribution in [-0.2, 0) is 4.74 Å². The summed E-state index contributed by atoms with van der Waals surface area (Å²) in [5.41, 5.74) is 1.84. The fourth-order valence-corrected chi connectivity index (χ4v) is 0.501. The van der Waals surface area contributed by atoms with Crippen LogP contribution in [0.1, 0.15) is 13.8 Å². The Hall–Kier alpha value is -1.69. The Morgan fingerprint density at radius 2 is 1.86 bits per heavy atom. The molecule has 0 saturated carbocycles. The predicted octanol–water partition coefficient (Wildman–Crippen LogP) is 0.471. The monoisotopic (exact) mass is 198 g/mol. The third-order valence-corrected chi connectivity index (χ3v) is 0.944. The number of nitrogens with zero attached hydrogens (tertiary/aromatic N) is 2. The van der Waals surface area contributed by atoms with Gasteiger partial charge >= 0.3 is 6.09 Å². The third-order valence-electron chi connectivity index (χ3n) is 0.944. The van der Waals surface area contributed by atoms with E-state index in [1.807, 2.05) is 17.6 Å². The molecular weight excluding hydrogens is 184 g/mol. The van der Waals surface area contributed by atoms with Gasteiger partial charge in [0.15, 0.2) is 0 Å². The summed E-state index contributed by atoms with van der Waals surface area (Å²) in [6.07, 6.45) is 2.57. The molecule has 0 fully saturated rings. The molecule has 1 rings (SSSR count). The van der Waals surface area contributed by atoms with Crippen LogP contribution in [0.5, 0.6) is 0 Å². The van der Waals surface area contributed by atoms with Gasteiger partial charge in [-0.3, -0.25) is 5.43 Å². The fourth-order valence-electron chi connectivity index (χ4n) is 0.501. The van der Waals surface area contributed by atoms with Crippen LogP contribution >= 0.6 is 0 Å². The van der Waals surface area contributed by atoms with Crippen LogP contribution in [-0.4, -0.2) is 22.4 Å². The first-order chi connectivity index (χ1) is 6.66. The van der Waals surface area contributed by atoms with Crippen molar-refractivity contribution in [3.63, 3.8) is 0 Å². The molecular formula is C8H14N4O2. The largest absolute Gasteiger partial charge is 0.446 e. The minimum Gasteiger partial charge on any atom is -0.446 e. The van der Waals surface area contributed by atoms with Crippen molar-refractivity contribution in [1.82, 2.24) is 15.6 Å². The van der Waals surface area contributed by atoms with Crippen LogP contribution in [0.3, 0.4) is 0 Å². The molecule has 78 valence electrons. The number of ether oxygens (including phenoxy) is 1. The summed E-state index contributed by atoms with van der Waals surface area (Å²) in [4.78, 5) is 10.2. The number of amides is 1. The Bertz CT molecular complexity index is 214. The van der Waals surface area contributed by atoms with Crippen molar-refractivity contribution < 1.29 is 9.53 Å². The lowest BCUT2D eigenvalue weighted by Crippen LogP contribution is -2.32. The number of rotatable bonds is 1. The van der Waals surface area contributed by atoms with E-state index in [4.69, 9.17) is 5.84 Å². The molecule has 0 atom stereocenters. The van der Waals surface area contributed by atoms with E-state index in [0.717, 1.165) is 0 Å². The maximum atomic E-state index is 10.2. The Morgan fingerprint density at radius 3 is 2.00 bits per heavy atom. The lowest BCUT2D eigenvalue weighted by Gasteiger charge is -2.04. The lowest BCUT2D eigenvalue weighted by atomic mass is 10.5. The molecule has 0 saturated heterocycles. The number of hydrazine groups is 1. The number of hydrogen-bond donors (Lipinski definition) is 2. The van der Waals surface area contributed by atoms with Crippen LogP contribution < -0.4 is 11.3 Å². The number of aromatic nitrogens is 2.